The molecule has 1 aliphatic heterocycles. The summed E-state index contributed by atoms with van der Waals surface area (Å²) in [7, 11) is 0. The van der Waals surface area contributed by atoms with E-state index in [-0.39, 0.29) is 5.91 Å². The van der Waals surface area contributed by atoms with Crippen LogP contribution in [0.4, 0.5) is 16.2 Å². The Hall–Kier alpha value is -2.04. The first kappa shape index (κ1) is 15.4. The van der Waals surface area contributed by atoms with E-state index in [4.69, 9.17) is 4.74 Å². The Balaban J connectivity index is 2.23. The number of hydrogen-bond acceptors (Lipinski definition) is 3. The summed E-state index contributed by atoms with van der Waals surface area (Å²) in [5.41, 5.74) is 2.22. The van der Waals surface area contributed by atoms with Crippen LogP contribution in [0, 0.1) is 5.41 Å². The highest BCUT2D eigenvalue weighted by molar-refractivity contribution is 5.99. The van der Waals surface area contributed by atoms with Gasteiger partial charge in [0.15, 0.2) is 0 Å². The van der Waals surface area contributed by atoms with Crippen LogP contribution in [0.5, 0.6) is 0 Å². The van der Waals surface area contributed by atoms with Gasteiger partial charge in [0.05, 0.1) is 6.61 Å². The number of rotatable bonds is 2. The lowest BCUT2D eigenvalue weighted by molar-refractivity contribution is -0.125. The van der Waals surface area contributed by atoms with Gasteiger partial charge in [0.25, 0.3) is 0 Å². The Bertz CT molecular complexity index is 561. The van der Waals surface area contributed by atoms with Crippen LogP contribution >= 0.6 is 0 Å². The maximum absolute atomic E-state index is 12.5. The van der Waals surface area contributed by atoms with Crippen LogP contribution in [0.25, 0.3) is 0 Å². The van der Waals surface area contributed by atoms with Gasteiger partial charge in [-0.3, -0.25) is 10.1 Å². The van der Waals surface area contributed by atoms with Crippen LogP contribution < -0.4 is 10.2 Å². The zero-order valence-electron chi connectivity index (χ0n) is 13.0. The molecule has 1 heterocycles. The fraction of sp³-hybridized carbons (Fsp3) is 0.500. The molecule has 1 aromatic rings. The molecule has 5 heteroatoms. The molecule has 0 aromatic heterocycles. The highest BCUT2D eigenvalue weighted by Crippen LogP contribution is 2.33. The van der Waals surface area contributed by atoms with E-state index in [1.54, 1.807) is 11.8 Å². The topological polar surface area (TPSA) is 58.6 Å². The quantitative estimate of drug-likeness (QED) is 0.910. The number of nitrogens with zero attached hydrogens (tertiary/aromatic N) is 1. The molecule has 0 aliphatic carbocycles. The molecule has 114 valence electrons. The molecule has 0 atom stereocenters. The minimum absolute atomic E-state index is 0.0922. The lowest BCUT2D eigenvalue weighted by atomic mass is 9.94. The normalized spacial score (nSPS) is 13.8. The number of amides is 2. The summed E-state index contributed by atoms with van der Waals surface area (Å²) in [5.74, 6) is 0.0922. The molecule has 0 saturated heterocycles. The molecule has 5 nitrogen and oxygen atoms in total. The zero-order chi connectivity index (χ0) is 15.6. The molecule has 1 N–H and O–H groups in total. The van der Waals surface area contributed by atoms with Crippen LogP contribution in [0.1, 0.15) is 33.3 Å². The molecular weight excluding hydrogens is 268 g/mol. The second-order valence-corrected chi connectivity index (χ2v) is 6.15. The molecule has 0 spiro atoms. The summed E-state index contributed by atoms with van der Waals surface area (Å²) in [6.45, 7) is 8.50. The number of carbonyl (C=O) groups excluding carboxylic acids is 2. The number of fused-ring (bicyclic) bond motifs is 1. The Kier molecular flexibility index (Phi) is 4.21. The van der Waals surface area contributed by atoms with E-state index in [1.807, 2.05) is 39.0 Å². The number of hydrogen-bond donors (Lipinski definition) is 1. The smallest absolute Gasteiger partial charge is 0.411 e. The SMILES string of the molecule is CCOC(=O)Nc1ccc2c(c1)N(C(=O)C(C)(C)C)CC2. The van der Waals surface area contributed by atoms with Gasteiger partial charge in [-0.2, -0.15) is 0 Å². The second kappa shape index (κ2) is 5.76. The summed E-state index contributed by atoms with van der Waals surface area (Å²) >= 11 is 0. The van der Waals surface area contributed by atoms with Crippen molar-refractivity contribution in [2.75, 3.05) is 23.4 Å². The minimum atomic E-state index is -0.482. The van der Waals surface area contributed by atoms with E-state index >= 15 is 0 Å². The van der Waals surface area contributed by atoms with Gasteiger partial charge in [-0.1, -0.05) is 26.8 Å². The average Bonchev–Trinajstić information content (AvgIpc) is 2.79. The minimum Gasteiger partial charge on any atom is -0.450 e. The van der Waals surface area contributed by atoms with Gasteiger partial charge in [-0.05, 0) is 31.0 Å². The van der Waals surface area contributed by atoms with Crippen LogP contribution in [0.3, 0.4) is 0 Å². The molecule has 21 heavy (non-hydrogen) atoms. The maximum atomic E-state index is 12.5. The third kappa shape index (κ3) is 3.35. The molecule has 0 fully saturated rings. The fourth-order valence-corrected chi connectivity index (χ4v) is 2.36. The average molecular weight is 290 g/mol. The van der Waals surface area contributed by atoms with Crippen molar-refractivity contribution in [2.45, 2.75) is 34.1 Å². The van der Waals surface area contributed by atoms with Gasteiger partial charge >= 0.3 is 6.09 Å². The van der Waals surface area contributed by atoms with Crippen molar-refractivity contribution >= 4 is 23.4 Å². The van der Waals surface area contributed by atoms with Crippen LogP contribution in [0.15, 0.2) is 18.2 Å². The molecule has 2 amide bonds. The molecular formula is C16H22N2O3. The van der Waals surface area contributed by atoms with E-state index in [2.05, 4.69) is 5.32 Å². The number of anilines is 2. The van der Waals surface area contributed by atoms with Crippen LogP contribution in [0.2, 0.25) is 0 Å². The van der Waals surface area contributed by atoms with Crippen molar-refractivity contribution < 1.29 is 14.3 Å². The summed E-state index contributed by atoms with van der Waals surface area (Å²) in [5, 5.41) is 2.67. The van der Waals surface area contributed by atoms with Gasteiger partial charge in [0.1, 0.15) is 0 Å². The maximum Gasteiger partial charge on any atom is 0.411 e. The molecule has 2 rings (SSSR count). The van der Waals surface area contributed by atoms with Crippen molar-refractivity contribution in [1.29, 1.82) is 0 Å². The van der Waals surface area contributed by atoms with Crippen molar-refractivity contribution in [3.63, 3.8) is 0 Å². The fourth-order valence-electron chi connectivity index (χ4n) is 2.36. The van der Waals surface area contributed by atoms with Crippen molar-refractivity contribution in [3.05, 3.63) is 23.8 Å². The van der Waals surface area contributed by atoms with Crippen LogP contribution in [-0.4, -0.2) is 25.2 Å². The van der Waals surface area contributed by atoms with Gasteiger partial charge < -0.3 is 9.64 Å². The Morgan fingerprint density at radius 2 is 2.05 bits per heavy atom. The predicted molar refractivity (Wildman–Crippen MR) is 82.6 cm³/mol. The Morgan fingerprint density at radius 1 is 1.33 bits per heavy atom. The number of ether oxygens (including phenoxy) is 1. The van der Waals surface area contributed by atoms with Gasteiger partial charge in [-0.15, -0.1) is 0 Å². The highest BCUT2D eigenvalue weighted by atomic mass is 16.5. The molecule has 0 saturated carbocycles. The molecule has 1 aliphatic rings. The van der Waals surface area contributed by atoms with Crippen molar-refractivity contribution in [1.82, 2.24) is 0 Å². The lowest BCUT2D eigenvalue weighted by Crippen LogP contribution is -2.38. The van der Waals surface area contributed by atoms with Gasteiger partial charge in [0, 0.05) is 23.3 Å². The third-order valence-electron chi connectivity index (χ3n) is 3.39. The second-order valence-electron chi connectivity index (χ2n) is 6.15. The summed E-state index contributed by atoms with van der Waals surface area (Å²) < 4.78 is 4.86. The van der Waals surface area contributed by atoms with Gasteiger partial charge in [-0.25, -0.2) is 4.79 Å². The third-order valence-corrected chi connectivity index (χ3v) is 3.39. The van der Waals surface area contributed by atoms with Crippen LogP contribution in [-0.2, 0) is 16.0 Å². The number of carbonyl (C=O) groups is 2. The predicted octanol–water partition coefficient (Wildman–Crippen LogP) is 3.19. The van der Waals surface area contributed by atoms with E-state index in [9.17, 15) is 9.59 Å². The Labute approximate surface area is 125 Å². The monoisotopic (exact) mass is 290 g/mol. The first-order valence-electron chi connectivity index (χ1n) is 7.21. The summed E-state index contributed by atoms with van der Waals surface area (Å²) in [4.78, 5) is 25.8. The van der Waals surface area contributed by atoms with E-state index in [1.165, 1.54) is 0 Å². The standard InChI is InChI=1S/C16H22N2O3/c1-5-21-15(20)17-12-7-6-11-8-9-18(13(11)10-12)14(19)16(2,3)4/h6-7,10H,5,8-9H2,1-4H3,(H,17,20). The van der Waals surface area contributed by atoms with E-state index in [0.29, 0.717) is 18.8 Å². The first-order valence-corrected chi connectivity index (χ1v) is 7.21. The van der Waals surface area contributed by atoms with E-state index < -0.39 is 11.5 Å². The summed E-state index contributed by atoms with van der Waals surface area (Å²) in [6, 6.07) is 5.62. The van der Waals surface area contributed by atoms with Crippen molar-refractivity contribution in [3.8, 4) is 0 Å². The molecule has 0 radical (unpaired) electrons. The number of nitrogens with one attached hydrogen (secondary N) is 1. The van der Waals surface area contributed by atoms with Gasteiger partial charge in [0.2, 0.25) is 5.91 Å². The largest absolute Gasteiger partial charge is 0.450 e. The van der Waals surface area contributed by atoms with Crippen molar-refractivity contribution in [2.24, 2.45) is 5.41 Å². The highest BCUT2D eigenvalue weighted by Gasteiger charge is 2.32. The lowest BCUT2D eigenvalue weighted by Gasteiger charge is -2.26. The molecule has 1 aromatic carbocycles. The molecule has 0 bridgehead atoms. The Morgan fingerprint density at radius 3 is 2.67 bits per heavy atom. The first-order chi connectivity index (χ1) is 9.82. The van der Waals surface area contributed by atoms with E-state index in [0.717, 1.165) is 17.7 Å². The summed E-state index contributed by atoms with van der Waals surface area (Å²) in [6.07, 6.45) is 0.362. The number of benzene rings is 1. The zero-order valence-corrected chi connectivity index (χ0v) is 13.0. The molecule has 0 unspecified atom stereocenters.